The highest BCUT2D eigenvalue weighted by Gasteiger charge is 2.19. The summed E-state index contributed by atoms with van der Waals surface area (Å²) in [5.41, 5.74) is 1.87. The summed E-state index contributed by atoms with van der Waals surface area (Å²) < 4.78 is 33.3. The lowest BCUT2D eigenvalue weighted by atomic mass is 10.1. The van der Waals surface area contributed by atoms with Crippen LogP contribution in [0.3, 0.4) is 0 Å². The zero-order chi connectivity index (χ0) is 22.4. The maximum Gasteiger partial charge on any atom is 0.262 e. The van der Waals surface area contributed by atoms with Crippen LogP contribution < -0.4 is 14.8 Å². The van der Waals surface area contributed by atoms with Crippen molar-refractivity contribution in [3.05, 3.63) is 89.5 Å². The van der Waals surface area contributed by atoms with Crippen molar-refractivity contribution in [1.29, 1.82) is 5.26 Å². The molecule has 0 aliphatic carbocycles. The predicted octanol–water partition coefficient (Wildman–Crippen LogP) is 3.86. The fourth-order valence-corrected chi connectivity index (χ4v) is 4.06. The van der Waals surface area contributed by atoms with Crippen molar-refractivity contribution in [2.75, 3.05) is 11.8 Å². The molecule has 3 aromatic rings. The zero-order valence-electron chi connectivity index (χ0n) is 17.0. The van der Waals surface area contributed by atoms with Gasteiger partial charge in [0.1, 0.15) is 5.75 Å². The van der Waals surface area contributed by atoms with E-state index in [4.69, 9.17) is 10.00 Å². The summed E-state index contributed by atoms with van der Waals surface area (Å²) in [5.74, 6) is -0.0255. The Morgan fingerprint density at radius 1 is 1.03 bits per heavy atom. The number of anilines is 1. The summed E-state index contributed by atoms with van der Waals surface area (Å²) in [6.45, 7) is 1.81. The molecular formula is C23H21N3O4S. The van der Waals surface area contributed by atoms with E-state index in [1.165, 1.54) is 25.3 Å². The molecule has 0 heterocycles. The van der Waals surface area contributed by atoms with Crippen molar-refractivity contribution in [3.63, 3.8) is 0 Å². The molecule has 0 saturated heterocycles. The molecule has 0 radical (unpaired) electrons. The van der Waals surface area contributed by atoms with Gasteiger partial charge >= 0.3 is 0 Å². The third-order valence-electron chi connectivity index (χ3n) is 4.65. The molecule has 0 spiro atoms. The summed E-state index contributed by atoms with van der Waals surface area (Å²) in [6, 6.07) is 21.0. The highest BCUT2D eigenvalue weighted by atomic mass is 32.2. The van der Waals surface area contributed by atoms with E-state index in [1.54, 1.807) is 54.6 Å². The quantitative estimate of drug-likeness (QED) is 0.586. The molecule has 0 aromatic heterocycles. The maximum absolute atomic E-state index is 12.8. The molecule has 3 rings (SSSR count). The number of benzene rings is 3. The first-order valence-electron chi connectivity index (χ1n) is 9.41. The first-order chi connectivity index (χ1) is 14.8. The van der Waals surface area contributed by atoms with Crippen LogP contribution in [0.1, 0.15) is 34.5 Å². The molecule has 1 unspecified atom stereocenters. The fraction of sp³-hybridized carbons (Fsp3) is 0.130. The van der Waals surface area contributed by atoms with Crippen molar-refractivity contribution < 1.29 is 17.9 Å². The number of nitrogens with one attached hydrogen (secondary N) is 2. The van der Waals surface area contributed by atoms with E-state index in [0.29, 0.717) is 17.0 Å². The molecule has 31 heavy (non-hydrogen) atoms. The predicted molar refractivity (Wildman–Crippen MR) is 117 cm³/mol. The SMILES string of the molecule is COc1ccccc1NS(=O)(=O)c1cccc(C(=O)NC(C)c2ccc(C#N)cc2)c1. The van der Waals surface area contributed by atoms with Crippen LogP contribution in [0.4, 0.5) is 5.69 Å². The van der Waals surface area contributed by atoms with Gasteiger partial charge in [0.25, 0.3) is 15.9 Å². The Kier molecular flexibility index (Phi) is 6.58. The summed E-state index contributed by atoms with van der Waals surface area (Å²) in [4.78, 5) is 12.6. The Morgan fingerprint density at radius 2 is 1.74 bits per heavy atom. The van der Waals surface area contributed by atoms with Gasteiger partial charge in [0.05, 0.1) is 35.4 Å². The Balaban J connectivity index is 1.78. The second-order valence-electron chi connectivity index (χ2n) is 6.76. The number of amides is 1. The lowest BCUT2D eigenvalue weighted by Crippen LogP contribution is -2.27. The minimum absolute atomic E-state index is 0.0444. The van der Waals surface area contributed by atoms with Crippen molar-refractivity contribution in [2.45, 2.75) is 17.9 Å². The van der Waals surface area contributed by atoms with Crippen molar-refractivity contribution in [3.8, 4) is 11.8 Å². The van der Waals surface area contributed by atoms with Gasteiger partial charge in [0.2, 0.25) is 0 Å². The Bertz CT molecular complexity index is 1230. The first-order valence-corrected chi connectivity index (χ1v) is 10.9. The van der Waals surface area contributed by atoms with Gasteiger partial charge in [-0.1, -0.05) is 30.3 Å². The van der Waals surface area contributed by atoms with Gasteiger partial charge in [-0.15, -0.1) is 0 Å². The van der Waals surface area contributed by atoms with Crippen LogP contribution in [0.25, 0.3) is 0 Å². The van der Waals surface area contributed by atoms with Gasteiger partial charge in [-0.2, -0.15) is 5.26 Å². The number of hydrogen-bond acceptors (Lipinski definition) is 5. The van der Waals surface area contributed by atoms with Crippen LogP contribution in [0, 0.1) is 11.3 Å². The Hall–Kier alpha value is -3.83. The van der Waals surface area contributed by atoms with Crippen LogP contribution in [-0.4, -0.2) is 21.4 Å². The number of hydrogen-bond donors (Lipinski definition) is 2. The van der Waals surface area contributed by atoms with Gasteiger partial charge in [0.15, 0.2) is 0 Å². The van der Waals surface area contributed by atoms with Gasteiger partial charge in [-0.25, -0.2) is 8.42 Å². The maximum atomic E-state index is 12.8. The molecule has 0 fully saturated rings. The normalized spacial score (nSPS) is 11.8. The second kappa shape index (κ2) is 9.32. The molecular weight excluding hydrogens is 414 g/mol. The Morgan fingerprint density at radius 3 is 2.42 bits per heavy atom. The van der Waals surface area contributed by atoms with Crippen molar-refractivity contribution in [2.24, 2.45) is 0 Å². The number of nitriles is 1. The molecule has 3 aromatic carbocycles. The van der Waals surface area contributed by atoms with E-state index in [9.17, 15) is 13.2 Å². The van der Waals surface area contributed by atoms with Crippen molar-refractivity contribution in [1.82, 2.24) is 5.32 Å². The molecule has 1 amide bonds. The third-order valence-corrected chi connectivity index (χ3v) is 6.01. The Labute approximate surface area is 181 Å². The monoisotopic (exact) mass is 435 g/mol. The summed E-state index contributed by atoms with van der Waals surface area (Å²) in [7, 11) is -2.48. The van der Waals surface area contributed by atoms with E-state index < -0.39 is 15.9 Å². The topological polar surface area (TPSA) is 108 Å². The number of para-hydroxylation sites is 2. The van der Waals surface area contributed by atoms with E-state index in [0.717, 1.165) is 5.56 Å². The summed E-state index contributed by atoms with van der Waals surface area (Å²) in [6.07, 6.45) is 0. The standard InChI is InChI=1S/C23H21N3O4S/c1-16(18-12-10-17(15-24)11-13-18)25-23(27)19-6-5-7-20(14-19)31(28,29)26-21-8-3-4-9-22(21)30-2/h3-14,16,26H,1-2H3,(H,25,27). The lowest BCUT2D eigenvalue weighted by Gasteiger charge is -2.15. The number of carbonyl (C=O) groups excluding carboxylic acids is 1. The van der Waals surface area contributed by atoms with E-state index >= 15 is 0 Å². The first kappa shape index (κ1) is 21.9. The number of carbonyl (C=O) groups is 1. The van der Waals surface area contributed by atoms with Crippen LogP contribution >= 0.6 is 0 Å². The molecule has 0 aliphatic heterocycles. The second-order valence-corrected chi connectivity index (χ2v) is 8.44. The minimum Gasteiger partial charge on any atom is -0.495 e. The van der Waals surface area contributed by atoms with Crippen LogP contribution in [0.15, 0.2) is 77.7 Å². The molecule has 0 saturated carbocycles. The lowest BCUT2D eigenvalue weighted by molar-refractivity contribution is 0.0939. The highest BCUT2D eigenvalue weighted by Crippen LogP contribution is 2.26. The van der Waals surface area contributed by atoms with Crippen molar-refractivity contribution >= 4 is 21.6 Å². The van der Waals surface area contributed by atoms with Crippen LogP contribution in [0.5, 0.6) is 5.75 Å². The van der Waals surface area contributed by atoms with Gasteiger partial charge in [0, 0.05) is 5.56 Å². The smallest absolute Gasteiger partial charge is 0.262 e. The molecule has 1 atom stereocenters. The summed E-state index contributed by atoms with van der Waals surface area (Å²) >= 11 is 0. The molecule has 7 nitrogen and oxygen atoms in total. The van der Waals surface area contributed by atoms with Gasteiger partial charge < -0.3 is 10.1 Å². The number of rotatable bonds is 7. The highest BCUT2D eigenvalue weighted by molar-refractivity contribution is 7.92. The van der Waals surface area contributed by atoms with Crippen LogP contribution in [-0.2, 0) is 10.0 Å². The molecule has 0 aliphatic rings. The molecule has 158 valence electrons. The average molecular weight is 436 g/mol. The summed E-state index contributed by atoms with van der Waals surface area (Å²) in [5, 5.41) is 11.7. The van der Waals surface area contributed by atoms with Gasteiger partial charge in [-0.05, 0) is 55.0 Å². The van der Waals surface area contributed by atoms with E-state index in [2.05, 4.69) is 10.0 Å². The fourth-order valence-electron chi connectivity index (χ4n) is 2.95. The zero-order valence-corrected chi connectivity index (χ0v) is 17.8. The number of ether oxygens (including phenoxy) is 1. The van der Waals surface area contributed by atoms with Crippen LogP contribution in [0.2, 0.25) is 0 Å². The number of sulfonamides is 1. The molecule has 2 N–H and O–H groups in total. The molecule has 8 heteroatoms. The average Bonchev–Trinajstić information content (AvgIpc) is 2.79. The van der Waals surface area contributed by atoms with E-state index in [1.807, 2.05) is 13.0 Å². The third kappa shape index (κ3) is 5.21. The molecule has 0 bridgehead atoms. The van der Waals surface area contributed by atoms with E-state index in [-0.39, 0.29) is 16.5 Å². The minimum atomic E-state index is -3.93. The number of methoxy groups -OCH3 is 1. The van der Waals surface area contributed by atoms with Gasteiger partial charge in [-0.3, -0.25) is 9.52 Å². The number of nitrogens with zero attached hydrogens (tertiary/aromatic N) is 1. The largest absolute Gasteiger partial charge is 0.495 e.